The Morgan fingerprint density at radius 2 is 2.00 bits per heavy atom. The van der Waals surface area contributed by atoms with Crippen molar-refractivity contribution in [3.63, 3.8) is 0 Å². The summed E-state index contributed by atoms with van der Waals surface area (Å²) in [5.41, 5.74) is 0.719. The molecule has 23 heavy (non-hydrogen) atoms. The van der Waals surface area contributed by atoms with Crippen LogP contribution in [0.3, 0.4) is 0 Å². The molecular formula is C17H19FN4O. The number of hydrogen-bond acceptors (Lipinski definition) is 4. The van der Waals surface area contributed by atoms with Gasteiger partial charge in [-0.1, -0.05) is 31.0 Å². The molecule has 6 heteroatoms. The second-order valence-corrected chi connectivity index (χ2v) is 5.67. The SMILES string of the molecule is O=C(NCc1ccccc1F)c1ccnc(NC2CCCC2)n1. The number of rotatable bonds is 5. The van der Waals surface area contributed by atoms with E-state index in [9.17, 15) is 9.18 Å². The fourth-order valence-electron chi connectivity index (χ4n) is 2.72. The minimum atomic E-state index is -0.342. The molecule has 1 aromatic carbocycles. The third kappa shape index (κ3) is 4.03. The van der Waals surface area contributed by atoms with Crippen LogP contribution < -0.4 is 10.6 Å². The molecule has 1 fully saturated rings. The van der Waals surface area contributed by atoms with E-state index in [1.807, 2.05) is 0 Å². The highest BCUT2D eigenvalue weighted by Gasteiger charge is 2.16. The maximum atomic E-state index is 13.5. The Morgan fingerprint density at radius 1 is 1.22 bits per heavy atom. The molecule has 0 unspecified atom stereocenters. The van der Waals surface area contributed by atoms with Crippen molar-refractivity contribution in [2.24, 2.45) is 0 Å². The van der Waals surface area contributed by atoms with Crippen LogP contribution in [-0.2, 0) is 6.54 Å². The molecule has 1 aliphatic rings. The van der Waals surface area contributed by atoms with E-state index in [0.717, 1.165) is 12.8 Å². The van der Waals surface area contributed by atoms with Crippen LogP contribution in [0.1, 0.15) is 41.7 Å². The van der Waals surface area contributed by atoms with Gasteiger partial charge in [-0.25, -0.2) is 14.4 Å². The molecule has 2 aromatic rings. The van der Waals surface area contributed by atoms with E-state index in [1.54, 1.807) is 30.5 Å². The summed E-state index contributed by atoms with van der Waals surface area (Å²) < 4.78 is 13.5. The maximum Gasteiger partial charge on any atom is 0.270 e. The van der Waals surface area contributed by atoms with Gasteiger partial charge in [0.05, 0.1) is 0 Å². The Morgan fingerprint density at radius 3 is 2.78 bits per heavy atom. The summed E-state index contributed by atoms with van der Waals surface area (Å²) >= 11 is 0. The van der Waals surface area contributed by atoms with Crippen molar-refractivity contribution < 1.29 is 9.18 Å². The maximum absolute atomic E-state index is 13.5. The number of nitrogens with one attached hydrogen (secondary N) is 2. The van der Waals surface area contributed by atoms with Crippen molar-refractivity contribution in [1.29, 1.82) is 0 Å². The number of benzene rings is 1. The van der Waals surface area contributed by atoms with Crippen LogP contribution in [0.15, 0.2) is 36.5 Å². The van der Waals surface area contributed by atoms with Crippen molar-refractivity contribution in [1.82, 2.24) is 15.3 Å². The van der Waals surface area contributed by atoms with Gasteiger partial charge in [0, 0.05) is 24.3 Å². The molecule has 3 rings (SSSR count). The highest BCUT2D eigenvalue weighted by atomic mass is 19.1. The highest BCUT2D eigenvalue weighted by Crippen LogP contribution is 2.20. The Balaban J connectivity index is 1.61. The molecule has 0 spiro atoms. The first-order valence-corrected chi connectivity index (χ1v) is 7.83. The monoisotopic (exact) mass is 314 g/mol. The number of halogens is 1. The summed E-state index contributed by atoms with van der Waals surface area (Å²) in [6.07, 6.45) is 6.18. The lowest BCUT2D eigenvalue weighted by molar-refractivity contribution is 0.0945. The quantitative estimate of drug-likeness (QED) is 0.890. The molecule has 0 bridgehead atoms. The van der Waals surface area contributed by atoms with Gasteiger partial charge in [0.2, 0.25) is 5.95 Å². The van der Waals surface area contributed by atoms with Crippen LogP contribution in [0.5, 0.6) is 0 Å². The van der Waals surface area contributed by atoms with Gasteiger partial charge in [-0.3, -0.25) is 4.79 Å². The zero-order chi connectivity index (χ0) is 16.1. The van der Waals surface area contributed by atoms with Crippen LogP contribution in [0, 0.1) is 5.82 Å². The lowest BCUT2D eigenvalue weighted by Crippen LogP contribution is -2.25. The summed E-state index contributed by atoms with van der Waals surface area (Å²) in [4.78, 5) is 20.6. The van der Waals surface area contributed by atoms with Gasteiger partial charge in [0.25, 0.3) is 5.91 Å². The van der Waals surface area contributed by atoms with Gasteiger partial charge in [0.15, 0.2) is 0 Å². The van der Waals surface area contributed by atoms with E-state index in [0.29, 0.717) is 17.6 Å². The predicted molar refractivity (Wildman–Crippen MR) is 85.5 cm³/mol. The zero-order valence-corrected chi connectivity index (χ0v) is 12.8. The lowest BCUT2D eigenvalue weighted by atomic mass is 10.2. The number of nitrogens with zero attached hydrogens (tertiary/aromatic N) is 2. The predicted octanol–water partition coefficient (Wildman–Crippen LogP) is 2.90. The molecule has 120 valence electrons. The van der Waals surface area contributed by atoms with Crippen molar-refractivity contribution in [2.45, 2.75) is 38.3 Å². The molecule has 0 saturated heterocycles. The molecule has 5 nitrogen and oxygen atoms in total. The standard InChI is InChI=1S/C17H19FN4O/c18-14-8-4-1-5-12(14)11-20-16(23)15-9-10-19-17(22-15)21-13-6-2-3-7-13/h1,4-5,8-10,13H,2-3,6-7,11H2,(H,20,23)(H,19,21,22). The molecule has 0 radical (unpaired) electrons. The second kappa shape index (κ2) is 7.17. The van der Waals surface area contributed by atoms with E-state index in [1.165, 1.54) is 18.9 Å². The van der Waals surface area contributed by atoms with Crippen LogP contribution in [0.2, 0.25) is 0 Å². The van der Waals surface area contributed by atoms with Crippen LogP contribution in [-0.4, -0.2) is 21.9 Å². The molecule has 0 aliphatic heterocycles. The topological polar surface area (TPSA) is 66.9 Å². The number of carbonyl (C=O) groups excluding carboxylic acids is 1. The molecule has 1 aliphatic carbocycles. The average molecular weight is 314 g/mol. The lowest BCUT2D eigenvalue weighted by Gasteiger charge is -2.12. The van der Waals surface area contributed by atoms with E-state index < -0.39 is 0 Å². The summed E-state index contributed by atoms with van der Waals surface area (Å²) in [5.74, 6) is -0.209. The fourth-order valence-corrected chi connectivity index (χ4v) is 2.72. The molecule has 1 aromatic heterocycles. The zero-order valence-electron chi connectivity index (χ0n) is 12.8. The summed E-state index contributed by atoms with van der Waals surface area (Å²) in [5, 5.41) is 5.94. The Kier molecular flexibility index (Phi) is 4.80. The number of carbonyl (C=O) groups is 1. The minimum Gasteiger partial charge on any atom is -0.351 e. The van der Waals surface area contributed by atoms with Gasteiger partial charge in [-0.15, -0.1) is 0 Å². The smallest absolute Gasteiger partial charge is 0.270 e. The summed E-state index contributed by atoms with van der Waals surface area (Å²) in [6, 6.07) is 8.30. The Bertz CT molecular complexity index is 686. The van der Waals surface area contributed by atoms with Crippen molar-refractivity contribution in [2.75, 3.05) is 5.32 Å². The number of hydrogen-bond donors (Lipinski definition) is 2. The van der Waals surface area contributed by atoms with Crippen LogP contribution in [0.25, 0.3) is 0 Å². The van der Waals surface area contributed by atoms with Crippen molar-refractivity contribution >= 4 is 11.9 Å². The molecule has 1 saturated carbocycles. The molecule has 1 heterocycles. The first-order chi connectivity index (χ1) is 11.2. The van der Waals surface area contributed by atoms with Gasteiger partial charge in [-0.2, -0.15) is 0 Å². The molecule has 1 amide bonds. The van der Waals surface area contributed by atoms with E-state index in [2.05, 4.69) is 20.6 Å². The minimum absolute atomic E-state index is 0.126. The summed E-state index contributed by atoms with van der Waals surface area (Å²) in [7, 11) is 0. The Labute approximate surface area is 134 Å². The largest absolute Gasteiger partial charge is 0.351 e. The van der Waals surface area contributed by atoms with Crippen molar-refractivity contribution in [3.05, 3.63) is 53.6 Å². The third-order valence-electron chi connectivity index (χ3n) is 3.97. The van der Waals surface area contributed by atoms with Crippen molar-refractivity contribution in [3.8, 4) is 0 Å². The average Bonchev–Trinajstić information content (AvgIpc) is 3.07. The molecule has 2 N–H and O–H groups in total. The first-order valence-electron chi connectivity index (χ1n) is 7.83. The van der Waals surface area contributed by atoms with E-state index in [-0.39, 0.29) is 24.0 Å². The second-order valence-electron chi connectivity index (χ2n) is 5.67. The van der Waals surface area contributed by atoms with Crippen LogP contribution >= 0.6 is 0 Å². The molecular weight excluding hydrogens is 295 g/mol. The van der Waals surface area contributed by atoms with E-state index >= 15 is 0 Å². The van der Waals surface area contributed by atoms with Gasteiger partial charge in [0.1, 0.15) is 11.5 Å². The normalized spacial score (nSPS) is 14.7. The number of aromatic nitrogens is 2. The first kappa shape index (κ1) is 15.4. The van der Waals surface area contributed by atoms with Gasteiger partial charge >= 0.3 is 0 Å². The number of amides is 1. The number of anilines is 1. The fraction of sp³-hybridized carbons (Fsp3) is 0.353. The van der Waals surface area contributed by atoms with Gasteiger partial charge < -0.3 is 10.6 Å². The van der Waals surface area contributed by atoms with E-state index in [4.69, 9.17) is 0 Å². The highest BCUT2D eigenvalue weighted by molar-refractivity contribution is 5.92. The third-order valence-corrected chi connectivity index (χ3v) is 3.97. The van der Waals surface area contributed by atoms with Gasteiger partial charge in [-0.05, 0) is 25.0 Å². The molecule has 0 atom stereocenters. The Hall–Kier alpha value is -2.50. The van der Waals surface area contributed by atoms with Crippen LogP contribution in [0.4, 0.5) is 10.3 Å². The summed E-state index contributed by atoms with van der Waals surface area (Å²) in [6.45, 7) is 0.126.